The Kier molecular flexibility index (Phi) is 4.86. The summed E-state index contributed by atoms with van der Waals surface area (Å²) in [6.45, 7) is 2.43. The number of ether oxygens (including phenoxy) is 1. The van der Waals surface area contributed by atoms with E-state index in [4.69, 9.17) is 9.15 Å². The number of nitrogens with zero attached hydrogens (tertiary/aromatic N) is 3. The van der Waals surface area contributed by atoms with Crippen molar-refractivity contribution in [3.05, 3.63) is 82.6 Å². The first-order valence-electron chi connectivity index (χ1n) is 11.4. The third kappa shape index (κ3) is 3.51. The number of anilines is 2. The van der Waals surface area contributed by atoms with Crippen LogP contribution < -0.4 is 20.5 Å². The molecule has 1 saturated heterocycles. The lowest BCUT2D eigenvalue weighted by Crippen LogP contribution is -2.47. The van der Waals surface area contributed by atoms with Crippen molar-refractivity contribution in [3.8, 4) is 5.75 Å². The van der Waals surface area contributed by atoms with Gasteiger partial charge in [-0.3, -0.25) is 9.59 Å². The van der Waals surface area contributed by atoms with Gasteiger partial charge in [-0.05, 0) is 42.7 Å². The number of piperidine rings is 1. The van der Waals surface area contributed by atoms with Crippen LogP contribution in [0.25, 0.3) is 11.0 Å². The first-order chi connectivity index (χ1) is 16.6. The molecule has 0 spiro atoms. The highest BCUT2D eigenvalue weighted by molar-refractivity contribution is 6.05. The first-order valence-corrected chi connectivity index (χ1v) is 11.4. The number of carbonyl (C=O) groups excluding carboxylic acids is 1. The number of furan rings is 1. The Bertz CT molecular complexity index is 1440. The van der Waals surface area contributed by atoms with Gasteiger partial charge in [-0.25, -0.2) is 4.98 Å². The van der Waals surface area contributed by atoms with Gasteiger partial charge in [0, 0.05) is 42.7 Å². The summed E-state index contributed by atoms with van der Waals surface area (Å²) < 4.78 is 13.0. The van der Waals surface area contributed by atoms with E-state index in [1.54, 1.807) is 31.5 Å². The molecule has 172 valence electrons. The fourth-order valence-corrected chi connectivity index (χ4v) is 5.23. The molecule has 5 heterocycles. The Morgan fingerprint density at radius 2 is 2.00 bits per heavy atom. The van der Waals surface area contributed by atoms with Crippen LogP contribution in [0.2, 0.25) is 0 Å². The number of para-hydroxylation sites is 1. The van der Waals surface area contributed by atoms with Crippen LogP contribution in [-0.2, 0) is 6.54 Å². The molecule has 34 heavy (non-hydrogen) atoms. The van der Waals surface area contributed by atoms with E-state index in [0.29, 0.717) is 28.9 Å². The van der Waals surface area contributed by atoms with E-state index < -0.39 is 0 Å². The molecule has 2 aliphatic rings. The van der Waals surface area contributed by atoms with Crippen LogP contribution in [0.3, 0.4) is 0 Å². The quantitative estimate of drug-likeness (QED) is 0.501. The molecule has 1 amide bonds. The van der Waals surface area contributed by atoms with Crippen LogP contribution >= 0.6 is 0 Å². The van der Waals surface area contributed by atoms with Crippen LogP contribution in [0.1, 0.15) is 28.6 Å². The van der Waals surface area contributed by atoms with E-state index in [2.05, 4.69) is 21.3 Å². The molecule has 0 aliphatic carbocycles. The van der Waals surface area contributed by atoms with Gasteiger partial charge < -0.3 is 23.9 Å². The van der Waals surface area contributed by atoms with Crippen LogP contribution in [0.4, 0.5) is 11.5 Å². The highest BCUT2D eigenvalue weighted by Crippen LogP contribution is 2.36. The second kappa shape index (κ2) is 8.06. The van der Waals surface area contributed by atoms with Crippen molar-refractivity contribution >= 4 is 28.4 Å². The summed E-state index contributed by atoms with van der Waals surface area (Å²) >= 11 is 0. The predicted molar refractivity (Wildman–Crippen MR) is 129 cm³/mol. The monoisotopic (exact) mass is 456 g/mol. The number of methoxy groups -OCH3 is 1. The number of hydrogen-bond donors (Lipinski definition) is 1. The number of fused-ring (bicyclic) bond motifs is 5. The number of rotatable bonds is 4. The van der Waals surface area contributed by atoms with Gasteiger partial charge in [0.05, 0.1) is 19.0 Å². The smallest absolute Gasteiger partial charge is 0.291 e. The summed E-state index contributed by atoms with van der Waals surface area (Å²) in [5.41, 5.74) is 2.33. The summed E-state index contributed by atoms with van der Waals surface area (Å²) in [7, 11) is 1.57. The molecule has 2 bridgehead atoms. The fraction of sp³-hybridized carbons (Fsp3) is 0.269. The van der Waals surface area contributed by atoms with Crippen molar-refractivity contribution in [1.82, 2.24) is 9.55 Å². The second-order valence-electron chi connectivity index (χ2n) is 8.95. The zero-order valence-electron chi connectivity index (χ0n) is 18.7. The van der Waals surface area contributed by atoms with E-state index in [1.165, 1.54) is 0 Å². The van der Waals surface area contributed by atoms with Gasteiger partial charge in [0.1, 0.15) is 5.82 Å². The third-order valence-corrected chi connectivity index (χ3v) is 6.76. The van der Waals surface area contributed by atoms with Gasteiger partial charge in [-0.1, -0.05) is 18.2 Å². The number of amides is 1. The van der Waals surface area contributed by atoms with Crippen molar-refractivity contribution in [3.63, 3.8) is 0 Å². The van der Waals surface area contributed by atoms with Gasteiger partial charge in [0.25, 0.3) is 11.5 Å². The molecule has 8 heteroatoms. The number of carbonyl (C=O) groups is 1. The van der Waals surface area contributed by atoms with Crippen LogP contribution in [0.5, 0.6) is 5.75 Å². The number of nitrogens with one attached hydrogen (secondary N) is 1. The number of pyridine rings is 2. The highest BCUT2D eigenvalue weighted by Gasteiger charge is 2.34. The molecule has 1 fully saturated rings. The molecule has 2 aliphatic heterocycles. The summed E-state index contributed by atoms with van der Waals surface area (Å²) in [6, 6.07) is 16.5. The Morgan fingerprint density at radius 1 is 1.12 bits per heavy atom. The van der Waals surface area contributed by atoms with Gasteiger partial charge in [0.2, 0.25) is 0 Å². The van der Waals surface area contributed by atoms with Crippen LogP contribution in [0, 0.1) is 5.92 Å². The average molecular weight is 457 g/mol. The zero-order valence-corrected chi connectivity index (χ0v) is 18.7. The minimum Gasteiger partial charge on any atom is -0.493 e. The van der Waals surface area contributed by atoms with Crippen LogP contribution in [0.15, 0.2) is 70.0 Å². The lowest BCUT2D eigenvalue weighted by atomic mass is 9.83. The molecule has 2 atom stereocenters. The molecule has 0 saturated carbocycles. The standard InChI is InChI=1S/C26H24N4O4/c1-33-21-6-2-4-17-11-22(34-25(17)21)26(32)28-19-8-9-23(27-12-19)29-13-16-10-18(15-29)20-5-3-7-24(31)30(20)14-16/h2-9,11-12,16,18H,10,13-15H2,1H3,(H,28,32)/t16-,18+/m1/s1. The number of aromatic nitrogens is 2. The van der Waals surface area contributed by atoms with E-state index >= 15 is 0 Å². The molecule has 1 N–H and O–H groups in total. The van der Waals surface area contributed by atoms with Crippen molar-refractivity contribution in [2.75, 3.05) is 30.4 Å². The van der Waals surface area contributed by atoms with E-state index in [-0.39, 0.29) is 17.2 Å². The molecule has 8 nitrogen and oxygen atoms in total. The Morgan fingerprint density at radius 3 is 2.82 bits per heavy atom. The van der Waals surface area contributed by atoms with Crippen molar-refractivity contribution in [1.29, 1.82) is 0 Å². The maximum Gasteiger partial charge on any atom is 0.291 e. The van der Waals surface area contributed by atoms with Crippen molar-refractivity contribution in [2.24, 2.45) is 5.92 Å². The van der Waals surface area contributed by atoms with E-state index in [9.17, 15) is 9.59 Å². The van der Waals surface area contributed by atoms with E-state index in [0.717, 1.165) is 43.0 Å². The van der Waals surface area contributed by atoms with Gasteiger partial charge in [-0.15, -0.1) is 0 Å². The third-order valence-electron chi connectivity index (χ3n) is 6.76. The minimum atomic E-state index is -0.345. The number of benzene rings is 1. The molecule has 1 aromatic carbocycles. The average Bonchev–Trinajstić information content (AvgIpc) is 3.30. The lowest BCUT2D eigenvalue weighted by Gasteiger charge is -2.43. The molecular formula is C26H24N4O4. The Hall–Kier alpha value is -4.07. The van der Waals surface area contributed by atoms with Crippen LogP contribution in [-0.4, -0.2) is 35.7 Å². The number of hydrogen-bond acceptors (Lipinski definition) is 6. The SMILES string of the molecule is COc1cccc2cc(C(=O)Nc3ccc(N4C[C@H]5C[C@@H](C4)c4cccc(=O)n4C5)nc3)oc12. The Labute approximate surface area is 195 Å². The zero-order chi connectivity index (χ0) is 23.2. The van der Waals surface area contributed by atoms with Crippen molar-refractivity contribution in [2.45, 2.75) is 18.9 Å². The molecule has 3 aromatic heterocycles. The van der Waals surface area contributed by atoms with Crippen molar-refractivity contribution < 1.29 is 13.9 Å². The predicted octanol–water partition coefficient (Wildman–Crippen LogP) is 3.87. The summed E-state index contributed by atoms with van der Waals surface area (Å²) in [5.74, 6) is 2.04. The summed E-state index contributed by atoms with van der Waals surface area (Å²) in [5, 5.41) is 3.66. The maximum absolute atomic E-state index is 12.7. The molecule has 6 rings (SSSR count). The maximum atomic E-state index is 12.7. The highest BCUT2D eigenvalue weighted by atomic mass is 16.5. The molecule has 0 radical (unpaired) electrons. The normalized spacial score (nSPS) is 19.0. The summed E-state index contributed by atoms with van der Waals surface area (Å²) in [6.07, 6.45) is 2.76. The lowest BCUT2D eigenvalue weighted by molar-refractivity contribution is 0.0998. The molecule has 0 unspecified atom stereocenters. The minimum absolute atomic E-state index is 0.0850. The van der Waals surface area contributed by atoms with Gasteiger partial charge in [0.15, 0.2) is 17.1 Å². The molecular weight excluding hydrogens is 432 g/mol. The topological polar surface area (TPSA) is 89.6 Å². The first kappa shape index (κ1) is 20.5. The summed E-state index contributed by atoms with van der Waals surface area (Å²) in [4.78, 5) is 31.9. The molecule has 4 aromatic rings. The van der Waals surface area contributed by atoms with Gasteiger partial charge >= 0.3 is 0 Å². The van der Waals surface area contributed by atoms with E-state index in [1.807, 2.05) is 34.9 Å². The second-order valence-corrected chi connectivity index (χ2v) is 8.95. The van der Waals surface area contributed by atoms with Gasteiger partial charge in [-0.2, -0.15) is 0 Å². The largest absolute Gasteiger partial charge is 0.493 e. The fourth-order valence-electron chi connectivity index (χ4n) is 5.23. The Balaban J connectivity index is 1.17.